The lowest BCUT2D eigenvalue weighted by molar-refractivity contribution is -0.158. The molecule has 8 nitrogen and oxygen atoms in total. The Bertz CT molecular complexity index is 1390. The van der Waals surface area contributed by atoms with Crippen LogP contribution in [0.1, 0.15) is 29.3 Å². The van der Waals surface area contributed by atoms with Gasteiger partial charge in [-0.15, -0.1) is 0 Å². The van der Waals surface area contributed by atoms with E-state index in [9.17, 15) is 9.59 Å². The number of benzene rings is 2. The van der Waals surface area contributed by atoms with Gasteiger partial charge >= 0.3 is 0 Å². The van der Waals surface area contributed by atoms with Crippen molar-refractivity contribution in [2.45, 2.75) is 31.5 Å². The average Bonchev–Trinajstić information content (AvgIpc) is 3.53. The molecular formula is C27H27N5O3. The van der Waals surface area contributed by atoms with Crippen molar-refractivity contribution in [1.29, 1.82) is 0 Å². The molecule has 1 fully saturated rings. The van der Waals surface area contributed by atoms with Crippen molar-refractivity contribution < 1.29 is 14.3 Å². The molecule has 0 radical (unpaired) electrons. The van der Waals surface area contributed by atoms with Crippen LogP contribution in [0.3, 0.4) is 0 Å². The van der Waals surface area contributed by atoms with Gasteiger partial charge in [-0.3, -0.25) is 9.59 Å². The van der Waals surface area contributed by atoms with Crippen LogP contribution in [-0.2, 0) is 22.6 Å². The van der Waals surface area contributed by atoms with Gasteiger partial charge in [0.25, 0.3) is 0 Å². The number of methoxy groups -OCH3 is 1. The van der Waals surface area contributed by atoms with Gasteiger partial charge in [0, 0.05) is 48.5 Å². The van der Waals surface area contributed by atoms with E-state index in [0.29, 0.717) is 13.0 Å². The molecule has 1 N–H and O–H groups in total. The summed E-state index contributed by atoms with van der Waals surface area (Å²) in [5, 5.41) is 1.10. The Morgan fingerprint density at radius 2 is 2.00 bits per heavy atom. The number of fused-ring (bicyclic) bond motifs is 4. The number of amides is 2. The molecule has 35 heavy (non-hydrogen) atoms. The summed E-state index contributed by atoms with van der Waals surface area (Å²) in [6, 6.07) is 15.0. The Hall–Kier alpha value is -4.07. The molecule has 2 atom stereocenters. The molecule has 4 heterocycles. The number of ether oxygens (including phenoxy) is 1. The van der Waals surface area contributed by atoms with Crippen LogP contribution in [0.2, 0.25) is 0 Å². The predicted molar refractivity (Wildman–Crippen MR) is 131 cm³/mol. The molecule has 8 heteroatoms. The number of hydrogen-bond donors (Lipinski definition) is 1. The molecule has 0 spiro atoms. The maximum absolute atomic E-state index is 13.7. The van der Waals surface area contributed by atoms with Crippen molar-refractivity contribution in [3.8, 4) is 5.75 Å². The molecular weight excluding hydrogens is 442 g/mol. The van der Waals surface area contributed by atoms with Gasteiger partial charge in [0.05, 0.1) is 26.0 Å². The first-order valence-electron chi connectivity index (χ1n) is 11.9. The van der Waals surface area contributed by atoms with Crippen molar-refractivity contribution >= 4 is 22.7 Å². The lowest BCUT2D eigenvalue weighted by atomic mass is 9.86. The fourth-order valence-corrected chi connectivity index (χ4v) is 5.53. The Labute approximate surface area is 203 Å². The SMILES string of the molecule is COc1cccc(C2c3[nH]c4ccccc4c3C[C@@H]3C(=O)N(CCCn4ccnc4)CC(=O)N23)c1. The first-order chi connectivity index (χ1) is 17.1. The lowest BCUT2D eigenvalue weighted by Crippen LogP contribution is -2.63. The fraction of sp³-hybridized carbons (Fsp3) is 0.296. The largest absolute Gasteiger partial charge is 0.497 e. The van der Waals surface area contributed by atoms with E-state index in [0.717, 1.165) is 46.4 Å². The molecule has 2 aliphatic heterocycles. The number of rotatable bonds is 6. The summed E-state index contributed by atoms with van der Waals surface area (Å²) in [7, 11) is 1.63. The van der Waals surface area contributed by atoms with Crippen LogP contribution in [0.4, 0.5) is 0 Å². The van der Waals surface area contributed by atoms with E-state index in [2.05, 4.69) is 16.0 Å². The Morgan fingerprint density at radius 1 is 1.11 bits per heavy atom. The van der Waals surface area contributed by atoms with Gasteiger partial charge in [0.2, 0.25) is 11.8 Å². The minimum atomic E-state index is -0.535. The van der Waals surface area contributed by atoms with Crippen molar-refractivity contribution in [2.75, 3.05) is 20.2 Å². The lowest BCUT2D eigenvalue weighted by Gasteiger charge is -2.47. The molecule has 1 unspecified atom stereocenters. The highest BCUT2D eigenvalue weighted by Crippen LogP contribution is 2.43. The molecule has 2 aromatic carbocycles. The summed E-state index contributed by atoms with van der Waals surface area (Å²) in [4.78, 5) is 38.5. The molecule has 2 amide bonds. The molecule has 0 bridgehead atoms. The predicted octanol–water partition coefficient (Wildman–Crippen LogP) is 3.15. The molecule has 0 aliphatic carbocycles. The highest BCUT2D eigenvalue weighted by Gasteiger charge is 2.48. The first kappa shape index (κ1) is 21.5. The van der Waals surface area contributed by atoms with Crippen LogP contribution < -0.4 is 4.74 Å². The number of aromatic amines is 1. The third-order valence-corrected chi connectivity index (χ3v) is 7.16. The summed E-state index contributed by atoms with van der Waals surface area (Å²) in [5.74, 6) is 0.701. The Kier molecular flexibility index (Phi) is 5.28. The second kappa shape index (κ2) is 8.61. The van der Waals surface area contributed by atoms with Gasteiger partial charge in [0.15, 0.2) is 0 Å². The number of aromatic nitrogens is 3. The molecule has 1 saturated heterocycles. The second-order valence-corrected chi connectivity index (χ2v) is 9.18. The Balaban J connectivity index is 1.38. The van der Waals surface area contributed by atoms with Crippen LogP contribution >= 0.6 is 0 Å². The number of hydrogen-bond acceptors (Lipinski definition) is 4. The van der Waals surface area contributed by atoms with Gasteiger partial charge in [0.1, 0.15) is 11.8 Å². The molecule has 2 aliphatic rings. The van der Waals surface area contributed by atoms with Crippen molar-refractivity contribution in [1.82, 2.24) is 24.3 Å². The van der Waals surface area contributed by atoms with Crippen LogP contribution in [0.25, 0.3) is 10.9 Å². The van der Waals surface area contributed by atoms with E-state index < -0.39 is 6.04 Å². The van der Waals surface area contributed by atoms with Crippen molar-refractivity contribution in [3.05, 3.63) is 84.1 Å². The minimum Gasteiger partial charge on any atom is -0.497 e. The van der Waals surface area contributed by atoms with E-state index in [1.165, 1.54) is 0 Å². The number of imidazole rings is 1. The number of nitrogens with zero attached hydrogens (tertiary/aromatic N) is 4. The van der Waals surface area contributed by atoms with E-state index in [4.69, 9.17) is 4.74 Å². The molecule has 2 aromatic heterocycles. The van der Waals surface area contributed by atoms with Gasteiger partial charge < -0.3 is 24.1 Å². The molecule has 178 valence electrons. The summed E-state index contributed by atoms with van der Waals surface area (Å²) in [6.07, 6.45) is 6.68. The third-order valence-electron chi connectivity index (χ3n) is 7.16. The first-order valence-corrected chi connectivity index (χ1v) is 11.9. The Morgan fingerprint density at radius 3 is 2.83 bits per heavy atom. The molecule has 6 rings (SSSR count). The topological polar surface area (TPSA) is 83.5 Å². The zero-order valence-electron chi connectivity index (χ0n) is 19.6. The number of carbonyl (C=O) groups excluding carboxylic acids is 2. The van der Waals surface area contributed by atoms with E-state index >= 15 is 0 Å². The minimum absolute atomic E-state index is 0.0130. The van der Waals surface area contributed by atoms with Gasteiger partial charge in [-0.2, -0.15) is 0 Å². The zero-order valence-corrected chi connectivity index (χ0v) is 19.6. The van der Waals surface area contributed by atoms with Gasteiger partial charge in [-0.1, -0.05) is 30.3 Å². The molecule has 4 aromatic rings. The number of carbonyl (C=O) groups is 2. The quantitative estimate of drug-likeness (QED) is 0.470. The fourth-order valence-electron chi connectivity index (χ4n) is 5.53. The highest BCUT2D eigenvalue weighted by molar-refractivity contribution is 5.97. The van der Waals surface area contributed by atoms with Crippen molar-refractivity contribution in [2.24, 2.45) is 0 Å². The second-order valence-electron chi connectivity index (χ2n) is 9.18. The normalized spacial score (nSPS) is 19.7. The summed E-state index contributed by atoms with van der Waals surface area (Å²) in [5.41, 5.74) is 4.03. The van der Waals surface area contributed by atoms with Crippen molar-refractivity contribution in [3.63, 3.8) is 0 Å². The smallest absolute Gasteiger partial charge is 0.246 e. The van der Waals surface area contributed by atoms with E-state index in [1.807, 2.05) is 53.2 Å². The van der Waals surface area contributed by atoms with Gasteiger partial charge in [-0.25, -0.2) is 4.98 Å². The van der Waals surface area contributed by atoms with Crippen LogP contribution in [0.5, 0.6) is 5.75 Å². The standard InChI is InChI=1S/C27H27N5O3/c1-35-19-7-4-6-18(14-19)26-25-21(20-8-2-3-9-22(20)29-25)15-23-27(34)31(16-24(33)32(23)26)12-5-11-30-13-10-28-17-30/h2-4,6-10,13-14,17,23,26,29H,5,11-12,15-16H2,1H3/t23-,26?/m1/s1. The number of piperazine rings is 1. The average molecular weight is 470 g/mol. The maximum atomic E-state index is 13.7. The van der Waals surface area contributed by atoms with Gasteiger partial charge in [-0.05, 0) is 35.7 Å². The number of H-pyrrole nitrogens is 1. The summed E-state index contributed by atoms with van der Waals surface area (Å²) in [6.45, 7) is 1.39. The zero-order chi connectivity index (χ0) is 23.9. The number of para-hydroxylation sites is 1. The number of aryl methyl sites for hydroxylation is 1. The maximum Gasteiger partial charge on any atom is 0.246 e. The monoisotopic (exact) mass is 469 g/mol. The van der Waals surface area contributed by atoms with Crippen LogP contribution in [0, 0.1) is 0 Å². The highest BCUT2D eigenvalue weighted by atomic mass is 16.5. The van der Waals surface area contributed by atoms with E-state index in [1.54, 1.807) is 29.4 Å². The number of nitrogens with one attached hydrogen (secondary N) is 1. The van der Waals surface area contributed by atoms with Crippen LogP contribution in [-0.4, -0.2) is 62.4 Å². The summed E-state index contributed by atoms with van der Waals surface area (Å²) >= 11 is 0. The molecule has 0 saturated carbocycles. The van der Waals surface area contributed by atoms with E-state index in [-0.39, 0.29) is 24.4 Å². The third kappa shape index (κ3) is 3.65. The van der Waals surface area contributed by atoms with Crippen LogP contribution in [0.15, 0.2) is 67.3 Å². The summed E-state index contributed by atoms with van der Waals surface area (Å²) < 4.78 is 7.46.